The number of nitrogens with one attached hydrogen (secondary N) is 1. The maximum Gasteiger partial charge on any atom is 0.397 e. The van der Waals surface area contributed by atoms with Crippen molar-refractivity contribution in [2.24, 2.45) is 0 Å². The number of carboxylic acids is 1. The molecule has 0 saturated carbocycles. The summed E-state index contributed by atoms with van der Waals surface area (Å²) in [7, 11) is 0. The van der Waals surface area contributed by atoms with Gasteiger partial charge in [-0.1, -0.05) is 96.2 Å². The van der Waals surface area contributed by atoms with E-state index in [-0.39, 0.29) is 18.4 Å². The zero-order valence-corrected chi connectivity index (χ0v) is 22.9. The topological polar surface area (TPSA) is 92.7 Å². The molecule has 0 unspecified atom stereocenters. The molecular weight excluding hydrogens is 466 g/mol. The normalized spacial score (nSPS) is 11.2. The third-order valence-electron chi connectivity index (χ3n) is 6.34. The average molecular weight is 510 g/mol. The first-order chi connectivity index (χ1) is 17.6. The summed E-state index contributed by atoms with van der Waals surface area (Å²) in [5, 5.41) is 11.5. The van der Waals surface area contributed by atoms with Crippen LogP contribution in [0.25, 0.3) is 0 Å². The number of carbonyl (C=O) groups is 3. The first kappa shape index (κ1) is 30.1. The third-order valence-corrected chi connectivity index (χ3v) is 6.34. The van der Waals surface area contributed by atoms with Crippen molar-refractivity contribution in [2.75, 3.05) is 11.9 Å². The number of benzene rings is 2. The standard InChI is InChI=1S/C31H43NO5/c1-5-15-25-26(20-19-24(28(25)31(2,3)4)22-23-16-11-10-12-17-23)32-29(35)30(36)37-21-14-9-7-6-8-13-18-27(33)34/h10-12,16-17,19-20H,5-9,13-15,18,21-22H2,1-4H3,(H,32,35)(H,33,34). The second-order valence-electron chi connectivity index (χ2n) is 10.6. The van der Waals surface area contributed by atoms with Crippen molar-refractivity contribution in [3.8, 4) is 0 Å². The molecule has 0 spiro atoms. The summed E-state index contributed by atoms with van der Waals surface area (Å²) < 4.78 is 5.21. The summed E-state index contributed by atoms with van der Waals surface area (Å²) in [6, 6.07) is 14.3. The van der Waals surface area contributed by atoms with Gasteiger partial charge in [0, 0.05) is 12.1 Å². The van der Waals surface area contributed by atoms with Crippen LogP contribution in [-0.2, 0) is 37.4 Å². The molecule has 0 fully saturated rings. The zero-order chi connectivity index (χ0) is 27.3. The Kier molecular flexibility index (Phi) is 12.3. The fraction of sp³-hybridized carbons (Fsp3) is 0.516. The second-order valence-corrected chi connectivity index (χ2v) is 10.6. The lowest BCUT2D eigenvalue weighted by Crippen LogP contribution is -2.27. The molecule has 0 aromatic heterocycles. The Morgan fingerprint density at radius 3 is 2.16 bits per heavy atom. The SMILES string of the molecule is CCCc1c(NC(=O)C(=O)OCCCCCCCCC(=O)O)ccc(Cc2ccccc2)c1C(C)(C)C. The maximum absolute atomic E-state index is 12.7. The van der Waals surface area contributed by atoms with Gasteiger partial charge in [-0.15, -0.1) is 0 Å². The number of ether oxygens (including phenoxy) is 1. The number of carbonyl (C=O) groups excluding carboxylic acids is 2. The Balaban J connectivity index is 2.00. The van der Waals surface area contributed by atoms with Gasteiger partial charge < -0.3 is 15.2 Å². The number of esters is 1. The fourth-order valence-electron chi connectivity index (χ4n) is 4.71. The Hall–Kier alpha value is -3.15. The minimum Gasteiger partial charge on any atom is -0.481 e. The summed E-state index contributed by atoms with van der Waals surface area (Å²) in [6.07, 6.45) is 7.77. The first-order valence-electron chi connectivity index (χ1n) is 13.5. The van der Waals surface area contributed by atoms with E-state index in [0.717, 1.165) is 50.5 Å². The minimum atomic E-state index is -0.866. The van der Waals surface area contributed by atoms with Crippen LogP contribution in [0, 0.1) is 0 Å². The molecule has 0 heterocycles. The number of aliphatic carboxylic acids is 1. The molecule has 1 amide bonds. The molecule has 2 aromatic carbocycles. The molecule has 6 heteroatoms. The average Bonchev–Trinajstić information content (AvgIpc) is 2.84. The Labute approximate surface area is 221 Å². The highest BCUT2D eigenvalue weighted by molar-refractivity contribution is 6.37. The van der Waals surface area contributed by atoms with Crippen molar-refractivity contribution < 1.29 is 24.2 Å². The van der Waals surface area contributed by atoms with E-state index < -0.39 is 17.8 Å². The molecule has 0 radical (unpaired) electrons. The second kappa shape index (κ2) is 15.2. The van der Waals surface area contributed by atoms with Crippen molar-refractivity contribution in [3.05, 3.63) is 64.7 Å². The number of rotatable bonds is 14. The molecule has 202 valence electrons. The maximum atomic E-state index is 12.7. The van der Waals surface area contributed by atoms with Gasteiger partial charge in [-0.2, -0.15) is 0 Å². The predicted molar refractivity (Wildman–Crippen MR) is 148 cm³/mol. The van der Waals surface area contributed by atoms with Crippen LogP contribution in [0.1, 0.15) is 101 Å². The Morgan fingerprint density at radius 1 is 0.892 bits per heavy atom. The van der Waals surface area contributed by atoms with Crippen LogP contribution in [0.4, 0.5) is 5.69 Å². The largest absolute Gasteiger partial charge is 0.481 e. The van der Waals surface area contributed by atoms with Gasteiger partial charge in [0.25, 0.3) is 0 Å². The van der Waals surface area contributed by atoms with E-state index in [1.54, 1.807) is 0 Å². The smallest absolute Gasteiger partial charge is 0.397 e. The molecule has 6 nitrogen and oxygen atoms in total. The van der Waals surface area contributed by atoms with E-state index in [0.29, 0.717) is 18.5 Å². The molecule has 0 atom stereocenters. The third kappa shape index (κ3) is 10.4. The van der Waals surface area contributed by atoms with Gasteiger partial charge in [0.15, 0.2) is 0 Å². The van der Waals surface area contributed by atoms with Crippen LogP contribution in [0.15, 0.2) is 42.5 Å². The monoisotopic (exact) mass is 509 g/mol. The van der Waals surface area contributed by atoms with E-state index in [4.69, 9.17) is 9.84 Å². The fourth-order valence-corrected chi connectivity index (χ4v) is 4.71. The van der Waals surface area contributed by atoms with E-state index in [1.807, 2.05) is 24.3 Å². The summed E-state index contributed by atoms with van der Waals surface area (Å²) >= 11 is 0. The summed E-state index contributed by atoms with van der Waals surface area (Å²) in [5.41, 5.74) is 5.29. The summed E-state index contributed by atoms with van der Waals surface area (Å²) in [6.45, 7) is 8.86. The molecule has 37 heavy (non-hydrogen) atoms. The van der Waals surface area contributed by atoms with Gasteiger partial charge in [0.05, 0.1) is 6.61 Å². The molecule has 0 aliphatic carbocycles. The first-order valence-corrected chi connectivity index (χ1v) is 13.5. The Bertz CT molecular complexity index is 1020. The van der Waals surface area contributed by atoms with Crippen LogP contribution in [0.3, 0.4) is 0 Å². The number of hydrogen-bond acceptors (Lipinski definition) is 4. The number of unbranched alkanes of at least 4 members (excludes halogenated alkanes) is 5. The van der Waals surface area contributed by atoms with Crippen molar-refractivity contribution in [1.82, 2.24) is 0 Å². The number of anilines is 1. The molecule has 2 rings (SSSR count). The minimum absolute atomic E-state index is 0.135. The van der Waals surface area contributed by atoms with Crippen LogP contribution >= 0.6 is 0 Å². The van der Waals surface area contributed by atoms with Gasteiger partial charge in [0.2, 0.25) is 0 Å². The van der Waals surface area contributed by atoms with Crippen LogP contribution in [0.5, 0.6) is 0 Å². The lowest BCUT2D eigenvalue weighted by Gasteiger charge is -2.29. The molecule has 0 saturated heterocycles. The van der Waals surface area contributed by atoms with Crippen LogP contribution < -0.4 is 5.32 Å². The molecular formula is C31H43NO5. The van der Waals surface area contributed by atoms with Gasteiger partial charge in [-0.05, 0) is 59.4 Å². The number of carboxylic acid groups (broad SMARTS) is 1. The lowest BCUT2D eigenvalue weighted by atomic mass is 9.77. The predicted octanol–water partition coefficient (Wildman–Crippen LogP) is 6.82. The van der Waals surface area contributed by atoms with Gasteiger partial charge in [0.1, 0.15) is 0 Å². The molecule has 2 aromatic rings. The Morgan fingerprint density at radius 2 is 1.54 bits per heavy atom. The molecule has 0 aliphatic heterocycles. The number of amides is 1. The lowest BCUT2D eigenvalue weighted by molar-refractivity contribution is -0.152. The van der Waals surface area contributed by atoms with Crippen molar-refractivity contribution in [2.45, 2.75) is 97.3 Å². The van der Waals surface area contributed by atoms with Crippen molar-refractivity contribution >= 4 is 23.5 Å². The van der Waals surface area contributed by atoms with E-state index in [9.17, 15) is 14.4 Å². The summed E-state index contributed by atoms with van der Waals surface area (Å²) in [4.78, 5) is 35.5. The van der Waals surface area contributed by atoms with E-state index in [1.165, 1.54) is 16.7 Å². The highest BCUT2D eigenvalue weighted by atomic mass is 16.5. The highest BCUT2D eigenvalue weighted by Gasteiger charge is 2.25. The van der Waals surface area contributed by atoms with Crippen molar-refractivity contribution in [3.63, 3.8) is 0 Å². The molecule has 0 aliphatic rings. The van der Waals surface area contributed by atoms with Crippen molar-refractivity contribution in [1.29, 1.82) is 0 Å². The zero-order valence-electron chi connectivity index (χ0n) is 22.9. The molecule has 0 bridgehead atoms. The van der Waals surface area contributed by atoms with E-state index in [2.05, 4.69) is 51.2 Å². The van der Waals surface area contributed by atoms with Crippen LogP contribution in [0.2, 0.25) is 0 Å². The quantitative estimate of drug-likeness (QED) is 0.165. The van der Waals surface area contributed by atoms with Gasteiger partial charge >= 0.3 is 17.8 Å². The van der Waals surface area contributed by atoms with Gasteiger partial charge in [-0.25, -0.2) is 4.79 Å². The number of hydrogen-bond donors (Lipinski definition) is 2. The van der Waals surface area contributed by atoms with E-state index >= 15 is 0 Å². The van der Waals surface area contributed by atoms with Crippen LogP contribution in [-0.4, -0.2) is 29.6 Å². The summed E-state index contributed by atoms with van der Waals surface area (Å²) in [5.74, 6) is -2.37. The molecule has 2 N–H and O–H groups in total. The highest BCUT2D eigenvalue weighted by Crippen LogP contribution is 2.36. The van der Waals surface area contributed by atoms with Gasteiger partial charge in [-0.3, -0.25) is 9.59 Å².